The van der Waals surface area contributed by atoms with Crippen LogP contribution in [-0.2, 0) is 16.1 Å². The van der Waals surface area contributed by atoms with Crippen molar-refractivity contribution in [2.75, 3.05) is 5.32 Å². The van der Waals surface area contributed by atoms with Crippen LogP contribution in [0.1, 0.15) is 18.4 Å². The van der Waals surface area contributed by atoms with Gasteiger partial charge in [0.2, 0.25) is 16.9 Å². The minimum atomic E-state index is -0.570. The molecular formula is C22H18FN5O2S. The van der Waals surface area contributed by atoms with Gasteiger partial charge in [0.15, 0.2) is 0 Å². The molecule has 31 heavy (non-hydrogen) atoms. The SMILES string of the molecule is O=C(Nc1nnc(-c2ccc(F)cc2)s1)C1CCC(=O)N1Cc1c[nH]c2ccccc12. The lowest BCUT2D eigenvalue weighted by Gasteiger charge is -2.23. The lowest BCUT2D eigenvalue weighted by atomic mass is 10.1. The fourth-order valence-electron chi connectivity index (χ4n) is 3.82. The zero-order valence-electron chi connectivity index (χ0n) is 16.3. The number of hydrogen-bond donors (Lipinski definition) is 2. The van der Waals surface area contributed by atoms with Crippen LogP contribution in [0.5, 0.6) is 0 Å². The predicted octanol–water partition coefficient (Wildman–Crippen LogP) is 3.96. The maximum absolute atomic E-state index is 13.1. The quantitative estimate of drug-likeness (QED) is 0.497. The molecule has 9 heteroatoms. The Bertz CT molecular complexity index is 1270. The zero-order valence-corrected chi connectivity index (χ0v) is 17.2. The number of carbonyl (C=O) groups excluding carboxylic acids is 2. The highest BCUT2D eigenvalue weighted by atomic mass is 32.1. The van der Waals surface area contributed by atoms with Gasteiger partial charge in [-0.25, -0.2) is 4.39 Å². The fraction of sp³-hybridized carbons (Fsp3) is 0.182. The van der Waals surface area contributed by atoms with E-state index in [1.54, 1.807) is 17.0 Å². The number of halogens is 1. The van der Waals surface area contributed by atoms with Crippen LogP contribution in [0.4, 0.5) is 9.52 Å². The summed E-state index contributed by atoms with van der Waals surface area (Å²) in [5.74, 6) is -0.662. The van der Waals surface area contributed by atoms with E-state index >= 15 is 0 Å². The third-order valence-corrected chi connectivity index (χ3v) is 6.28. The number of anilines is 1. The maximum Gasteiger partial charge on any atom is 0.249 e. The Hall–Kier alpha value is -3.59. The van der Waals surface area contributed by atoms with E-state index in [2.05, 4.69) is 20.5 Å². The first-order chi connectivity index (χ1) is 15.1. The largest absolute Gasteiger partial charge is 0.361 e. The van der Waals surface area contributed by atoms with Gasteiger partial charge in [-0.1, -0.05) is 29.5 Å². The predicted molar refractivity (Wildman–Crippen MR) is 116 cm³/mol. The summed E-state index contributed by atoms with van der Waals surface area (Å²) in [6, 6.07) is 13.2. The average Bonchev–Trinajstić information content (AvgIpc) is 3.49. The number of fused-ring (bicyclic) bond motifs is 1. The molecule has 1 unspecified atom stereocenters. The lowest BCUT2D eigenvalue weighted by molar-refractivity contribution is -0.133. The molecule has 1 atom stereocenters. The molecule has 1 aliphatic heterocycles. The first kappa shape index (κ1) is 19.4. The Kier molecular flexibility index (Phi) is 4.95. The Morgan fingerprint density at radius 1 is 1.19 bits per heavy atom. The molecule has 2 aromatic carbocycles. The van der Waals surface area contributed by atoms with Crippen molar-refractivity contribution in [1.82, 2.24) is 20.1 Å². The van der Waals surface area contributed by atoms with Crippen LogP contribution in [0.2, 0.25) is 0 Å². The van der Waals surface area contributed by atoms with Crippen molar-refractivity contribution in [3.8, 4) is 10.6 Å². The number of hydrogen-bond acceptors (Lipinski definition) is 5. The summed E-state index contributed by atoms with van der Waals surface area (Å²) in [5.41, 5.74) is 2.68. The molecule has 3 heterocycles. The zero-order chi connectivity index (χ0) is 21.4. The van der Waals surface area contributed by atoms with Gasteiger partial charge in [0.25, 0.3) is 0 Å². The van der Waals surface area contributed by atoms with Crippen molar-refractivity contribution in [3.05, 3.63) is 66.1 Å². The summed E-state index contributed by atoms with van der Waals surface area (Å²) >= 11 is 1.20. The second-order valence-electron chi connectivity index (χ2n) is 7.34. The second-order valence-corrected chi connectivity index (χ2v) is 8.32. The molecule has 1 aliphatic rings. The number of para-hydroxylation sites is 1. The lowest BCUT2D eigenvalue weighted by Crippen LogP contribution is -2.41. The van der Waals surface area contributed by atoms with Crippen LogP contribution in [0.25, 0.3) is 21.5 Å². The molecule has 156 valence electrons. The van der Waals surface area contributed by atoms with Crippen molar-refractivity contribution in [2.24, 2.45) is 0 Å². The number of nitrogens with zero attached hydrogens (tertiary/aromatic N) is 3. The molecule has 0 bridgehead atoms. The second kappa shape index (κ2) is 7.92. The van der Waals surface area contributed by atoms with Gasteiger partial charge in [-0.2, -0.15) is 0 Å². The molecule has 5 rings (SSSR count). The molecule has 1 fully saturated rings. The minimum absolute atomic E-state index is 0.0466. The van der Waals surface area contributed by atoms with Crippen molar-refractivity contribution < 1.29 is 14.0 Å². The highest BCUT2D eigenvalue weighted by Gasteiger charge is 2.36. The summed E-state index contributed by atoms with van der Waals surface area (Å²) in [7, 11) is 0. The molecule has 0 radical (unpaired) electrons. The van der Waals surface area contributed by atoms with Gasteiger partial charge >= 0.3 is 0 Å². The number of aromatic nitrogens is 3. The van der Waals surface area contributed by atoms with Crippen LogP contribution >= 0.6 is 11.3 Å². The van der Waals surface area contributed by atoms with E-state index in [0.717, 1.165) is 22.0 Å². The van der Waals surface area contributed by atoms with E-state index in [9.17, 15) is 14.0 Å². The Morgan fingerprint density at radius 2 is 2.00 bits per heavy atom. The standard InChI is InChI=1S/C22H18FN5O2S/c23-15-7-5-13(6-8-15)21-26-27-22(31-21)25-20(30)18-9-10-19(29)28(18)12-14-11-24-17-4-2-1-3-16(14)17/h1-8,11,18,24H,9-10,12H2,(H,25,27,30). The number of benzene rings is 2. The molecule has 2 aromatic heterocycles. The smallest absolute Gasteiger partial charge is 0.249 e. The summed E-state index contributed by atoms with van der Waals surface area (Å²) in [5, 5.41) is 12.8. The number of nitrogens with one attached hydrogen (secondary N) is 2. The molecule has 2 N–H and O–H groups in total. The van der Waals surface area contributed by atoms with Crippen LogP contribution in [0, 0.1) is 5.82 Å². The molecule has 0 saturated carbocycles. The topological polar surface area (TPSA) is 91.0 Å². The Morgan fingerprint density at radius 3 is 2.84 bits per heavy atom. The van der Waals surface area contributed by atoms with Crippen molar-refractivity contribution in [3.63, 3.8) is 0 Å². The van der Waals surface area contributed by atoms with E-state index in [0.29, 0.717) is 29.5 Å². The van der Waals surface area contributed by atoms with Crippen LogP contribution in [-0.4, -0.2) is 37.9 Å². The first-order valence-corrected chi connectivity index (χ1v) is 10.6. The van der Waals surface area contributed by atoms with Gasteiger partial charge in [0.1, 0.15) is 16.9 Å². The summed E-state index contributed by atoms with van der Waals surface area (Å²) in [4.78, 5) is 30.3. The summed E-state index contributed by atoms with van der Waals surface area (Å²) < 4.78 is 13.1. The van der Waals surface area contributed by atoms with Crippen LogP contribution in [0.15, 0.2) is 54.7 Å². The summed E-state index contributed by atoms with van der Waals surface area (Å²) in [6.07, 6.45) is 2.67. The number of rotatable bonds is 5. The third kappa shape index (κ3) is 3.79. The van der Waals surface area contributed by atoms with E-state index in [-0.39, 0.29) is 17.6 Å². The molecule has 0 spiro atoms. The monoisotopic (exact) mass is 435 g/mol. The number of likely N-dealkylation sites (tertiary alicyclic amines) is 1. The van der Waals surface area contributed by atoms with E-state index in [1.807, 2.05) is 30.5 Å². The molecule has 7 nitrogen and oxygen atoms in total. The fourth-order valence-corrected chi connectivity index (χ4v) is 4.57. The minimum Gasteiger partial charge on any atom is -0.361 e. The highest BCUT2D eigenvalue weighted by molar-refractivity contribution is 7.18. The average molecular weight is 435 g/mol. The van der Waals surface area contributed by atoms with E-state index < -0.39 is 6.04 Å². The molecule has 0 aliphatic carbocycles. The number of aromatic amines is 1. The number of H-pyrrole nitrogens is 1. The summed E-state index contributed by atoms with van der Waals surface area (Å²) in [6.45, 7) is 0.359. The maximum atomic E-state index is 13.1. The van der Waals surface area contributed by atoms with Gasteiger partial charge in [-0.15, -0.1) is 10.2 Å². The first-order valence-electron chi connectivity index (χ1n) is 9.83. The van der Waals surface area contributed by atoms with Gasteiger partial charge < -0.3 is 9.88 Å². The van der Waals surface area contributed by atoms with E-state index in [4.69, 9.17) is 0 Å². The molecule has 2 amide bonds. The number of carbonyl (C=O) groups is 2. The van der Waals surface area contributed by atoms with Crippen molar-refractivity contribution in [1.29, 1.82) is 0 Å². The Balaban J connectivity index is 1.31. The third-order valence-electron chi connectivity index (χ3n) is 5.39. The molecular weight excluding hydrogens is 417 g/mol. The van der Waals surface area contributed by atoms with Crippen molar-refractivity contribution in [2.45, 2.75) is 25.4 Å². The van der Waals surface area contributed by atoms with Gasteiger partial charge in [-0.05, 0) is 42.3 Å². The van der Waals surface area contributed by atoms with Gasteiger partial charge in [0.05, 0.1) is 0 Å². The van der Waals surface area contributed by atoms with Crippen LogP contribution in [0.3, 0.4) is 0 Å². The number of amides is 2. The van der Waals surface area contributed by atoms with Crippen LogP contribution < -0.4 is 5.32 Å². The van der Waals surface area contributed by atoms with E-state index in [1.165, 1.54) is 23.5 Å². The molecule has 4 aromatic rings. The highest BCUT2D eigenvalue weighted by Crippen LogP contribution is 2.29. The van der Waals surface area contributed by atoms with Gasteiger partial charge in [-0.3, -0.25) is 14.9 Å². The van der Waals surface area contributed by atoms with Crippen molar-refractivity contribution >= 4 is 39.2 Å². The Labute approximate surface area is 180 Å². The van der Waals surface area contributed by atoms with Gasteiger partial charge in [0, 0.05) is 35.6 Å². The molecule has 1 saturated heterocycles. The normalized spacial score (nSPS) is 16.2.